The Balaban J connectivity index is 1.30. The number of benzene rings is 1. The molecule has 0 aliphatic heterocycles. The fourth-order valence-electron chi connectivity index (χ4n) is 6.86. The Kier molecular flexibility index (Phi) is 7.79. The van der Waals surface area contributed by atoms with Gasteiger partial charge in [-0.2, -0.15) is 0 Å². The van der Waals surface area contributed by atoms with E-state index in [9.17, 15) is 4.79 Å². The summed E-state index contributed by atoms with van der Waals surface area (Å²) in [6, 6.07) is 7.18. The molecule has 166 valence electrons. The van der Waals surface area contributed by atoms with Crippen LogP contribution in [0.25, 0.3) is 0 Å². The molecule has 0 aromatic heterocycles. The number of halogens is 1. The van der Waals surface area contributed by atoms with Crippen molar-refractivity contribution in [3.05, 3.63) is 29.3 Å². The van der Waals surface area contributed by atoms with E-state index in [1.54, 1.807) is 24.3 Å². The summed E-state index contributed by atoms with van der Waals surface area (Å²) in [4.78, 5) is 13.0. The lowest BCUT2D eigenvalue weighted by atomic mass is 9.59. The molecule has 1 aromatic rings. The van der Waals surface area contributed by atoms with Crippen molar-refractivity contribution >= 4 is 17.6 Å². The fraction of sp³-hybridized carbons (Fsp3) is 0.741. The van der Waals surface area contributed by atoms with Gasteiger partial charge in [0.2, 0.25) is 0 Å². The molecule has 4 atom stereocenters. The average Bonchev–Trinajstić information content (AvgIpc) is 2.78. The zero-order valence-corrected chi connectivity index (χ0v) is 19.4. The first-order valence-corrected chi connectivity index (χ1v) is 13.0. The van der Waals surface area contributed by atoms with Crippen molar-refractivity contribution < 1.29 is 9.53 Å². The lowest BCUT2D eigenvalue weighted by Gasteiger charge is -2.46. The van der Waals surface area contributed by atoms with Crippen LogP contribution >= 0.6 is 11.6 Å². The number of esters is 1. The highest BCUT2D eigenvalue weighted by Crippen LogP contribution is 2.50. The number of rotatable bonds is 6. The smallest absolute Gasteiger partial charge is 0.314 e. The van der Waals surface area contributed by atoms with E-state index in [0.29, 0.717) is 16.7 Å². The highest BCUT2D eigenvalue weighted by atomic mass is 35.5. The van der Waals surface area contributed by atoms with Crippen LogP contribution in [0.4, 0.5) is 0 Å². The zero-order chi connectivity index (χ0) is 20.9. The van der Waals surface area contributed by atoms with E-state index in [4.69, 9.17) is 16.3 Å². The number of carbonyl (C=O) groups excluding carboxylic acids is 1. The maximum Gasteiger partial charge on any atom is 0.314 e. The third kappa shape index (κ3) is 5.42. The van der Waals surface area contributed by atoms with Crippen LogP contribution in [0.5, 0.6) is 5.75 Å². The standard InChI is InChI=1S/C27H39ClO2/c1-2-3-5-19-8-10-20(11-9-19)21-12-17-25-22(18-21)6-4-7-26(25)27(29)30-24-15-13-23(28)14-16-24/h13-16,19-22,25-26H,2-12,17-18H2,1H3. The van der Waals surface area contributed by atoms with Crippen molar-refractivity contribution in [2.75, 3.05) is 0 Å². The van der Waals surface area contributed by atoms with Gasteiger partial charge in [0.1, 0.15) is 5.75 Å². The van der Waals surface area contributed by atoms with Crippen LogP contribution in [-0.4, -0.2) is 5.97 Å². The molecule has 0 N–H and O–H groups in total. The van der Waals surface area contributed by atoms with Crippen LogP contribution in [0.1, 0.15) is 90.4 Å². The number of carbonyl (C=O) groups is 1. The lowest BCUT2D eigenvalue weighted by Crippen LogP contribution is -2.40. The van der Waals surface area contributed by atoms with Gasteiger partial charge in [0.25, 0.3) is 0 Å². The van der Waals surface area contributed by atoms with Gasteiger partial charge in [0.05, 0.1) is 5.92 Å². The minimum atomic E-state index is -0.0121. The molecule has 3 heteroatoms. The summed E-state index contributed by atoms with van der Waals surface area (Å²) in [6.45, 7) is 2.31. The molecule has 0 saturated heterocycles. The number of fused-ring (bicyclic) bond motifs is 1. The van der Waals surface area contributed by atoms with Crippen molar-refractivity contribution in [3.63, 3.8) is 0 Å². The maximum absolute atomic E-state index is 13.0. The highest BCUT2D eigenvalue weighted by molar-refractivity contribution is 6.30. The van der Waals surface area contributed by atoms with E-state index in [0.717, 1.165) is 30.1 Å². The Morgan fingerprint density at radius 3 is 2.40 bits per heavy atom. The summed E-state index contributed by atoms with van der Waals surface area (Å²) in [5.41, 5.74) is 0. The van der Waals surface area contributed by atoms with Crippen LogP contribution < -0.4 is 4.74 Å². The SMILES string of the molecule is CCCCC1CCC(C2CCC3C(CCCC3C(=O)Oc3ccc(Cl)cc3)C2)CC1. The molecule has 3 aliphatic carbocycles. The number of hydrogen-bond donors (Lipinski definition) is 0. The molecule has 4 unspecified atom stereocenters. The molecule has 0 amide bonds. The normalized spacial score (nSPS) is 34.2. The second kappa shape index (κ2) is 10.5. The first kappa shape index (κ1) is 22.2. The van der Waals surface area contributed by atoms with Crippen molar-refractivity contribution in [1.82, 2.24) is 0 Å². The molecule has 0 radical (unpaired) electrons. The lowest BCUT2D eigenvalue weighted by molar-refractivity contribution is -0.144. The molecule has 4 rings (SSSR count). The summed E-state index contributed by atoms with van der Waals surface area (Å²) in [5, 5.41) is 0.672. The summed E-state index contributed by atoms with van der Waals surface area (Å²) >= 11 is 5.96. The van der Waals surface area contributed by atoms with Crippen LogP contribution in [0.3, 0.4) is 0 Å². The second-order valence-electron chi connectivity index (χ2n) is 10.3. The van der Waals surface area contributed by atoms with E-state index in [-0.39, 0.29) is 11.9 Å². The molecule has 0 bridgehead atoms. The molecule has 0 heterocycles. The molecular formula is C27H39ClO2. The summed E-state index contributed by atoms with van der Waals surface area (Å²) in [6.07, 6.45) is 17.5. The van der Waals surface area contributed by atoms with E-state index < -0.39 is 0 Å². The first-order chi connectivity index (χ1) is 14.6. The van der Waals surface area contributed by atoms with Crippen molar-refractivity contribution in [3.8, 4) is 5.75 Å². The Hall–Kier alpha value is -1.02. The van der Waals surface area contributed by atoms with Gasteiger partial charge < -0.3 is 4.74 Å². The van der Waals surface area contributed by atoms with E-state index in [2.05, 4.69) is 6.92 Å². The van der Waals surface area contributed by atoms with Gasteiger partial charge in [-0.05, 0) is 92.4 Å². The number of hydrogen-bond acceptors (Lipinski definition) is 2. The minimum Gasteiger partial charge on any atom is -0.426 e. The second-order valence-corrected chi connectivity index (χ2v) is 10.8. The largest absolute Gasteiger partial charge is 0.426 e. The fourth-order valence-corrected chi connectivity index (χ4v) is 6.98. The Bertz CT molecular complexity index is 677. The molecule has 3 aliphatic rings. The third-order valence-electron chi connectivity index (χ3n) is 8.55. The summed E-state index contributed by atoms with van der Waals surface area (Å²) in [7, 11) is 0. The van der Waals surface area contributed by atoms with Gasteiger partial charge in [0.15, 0.2) is 0 Å². The van der Waals surface area contributed by atoms with Gasteiger partial charge in [0, 0.05) is 5.02 Å². The quantitative estimate of drug-likeness (QED) is 0.336. The highest BCUT2D eigenvalue weighted by Gasteiger charge is 2.43. The zero-order valence-electron chi connectivity index (χ0n) is 18.7. The van der Waals surface area contributed by atoms with Gasteiger partial charge in [-0.3, -0.25) is 4.79 Å². The third-order valence-corrected chi connectivity index (χ3v) is 8.80. The Morgan fingerprint density at radius 2 is 1.67 bits per heavy atom. The minimum absolute atomic E-state index is 0.0121. The van der Waals surface area contributed by atoms with Crippen LogP contribution in [0.15, 0.2) is 24.3 Å². The summed E-state index contributed by atoms with van der Waals surface area (Å²) in [5.74, 6) is 4.83. The van der Waals surface area contributed by atoms with Gasteiger partial charge in [-0.15, -0.1) is 0 Å². The first-order valence-electron chi connectivity index (χ1n) is 12.6. The monoisotopic (exact) mass is 430 g/mol. The van der Waals surface area contributed by atoms with E-state index >= 15 is 0 Å². The van der Waals surface area contributed by atoms with Gasteiger partial charge in [-0.25, -0.2) is 0 Å². The summed E-state index contributed by atoms with van der Waals surface area (Å²) < 4.78 is 5.75. The van der Waals surface area contributed by atoms with Crippen molar-refractivity contribution in [1.29, 1.82) is 0 Å². The van der Waals surface area contributed by atoms with Crippen molar-refractivity contribution in [2.24, 2.45) is 35.5 Å². The predicted molar refractivity (Wildman–Crippen MR) is 124 cm³/mol. The molecule has 1 aromatic carbocycles. The topological polar surface area (TPSA) is 26.3 Å². The molecule has 3 saturated carbocycles. The molecular weight excluding hydrogens is 392 g/mol. The molecule has 0 spiro atoms. The van der Waals surface area contributed by atoms with Crippen LogP contribution in [0.2, 0.25) is 5.02 Å². The Morgan fingerprint density at radius 1 is 0.933 bits per heavy atom. The Labute approximate surface area is 188 Å². The van der Waals surface area contributed by atoms with E-state index in [1.165, 1.54) is 77.0 Å². The molecule has 2 nitrogen and oxygen atoms in total. The van der Waals surface area contributed by atoms with Crippen LogP contribution in [0, 0.1) is 35.5 Å². The van der Waals surface area contributed by atoms with Crippen molar-refractivity contribution in [2.45, 2.75) is 90.4 Å². The van der Waals surface area contributed by atoms with Gasteiger partial charge >= 0.3 is 5.97 Å². The number of unbranched alkanes of at least 4 members (excludes halogenated alkanes) is 1. The number of ether oxygens (including phenoxy) is 1. The van der Waals surface area contributed by atoms with E-state index in [1.807, 2.05) is 0 Å². The maximum atomic E-state index is 13.0. The predicted octanol–water partition coefficient (Wildman–Crippen LogP) is 8.07. The average molecular weight is 431 g/mol. The molecule has 3 fully saturated rings. The molecule has 30 heavy (non-hydrogen) atoms. The van der Waals surface area contributed by atoms with Crippen LogP contribution in [-0.2, 0) is 4.79 Å². The van der Waals surface area contributed by atoms with Gasteiger partial charge in [-0.1, -0.05) is 63.5 Å².